The largest absolute Gasteiger partial charge is 0.337 e. The van der Waals surface area contributed by atoms with E-state index >= 15 is 0 Å². The zero-order valence-electron chi connectivity index (χ0n) is 10.9. The molecule has 0 aliphatic rings. The zero-order valence-corrected chi connectivity index (χ0v) is 12.4. The zero-order chi connectivity index (χ0) is 14.5. The van der Waals surface area contributed by atoms with Gasteiger partial charge in [0.25, 0.3) is 0 Å². The number of carbonyl (C=O) groups is 1. The molecule has 0 spiro atoms. The Morgan fingerprint density at radius 1 is 1.35 bits per heavy atom. The van der Waals surface area contributed by atoms with Crippen molar-refractivity contribution in [1.29, 1.82) is 0 Å². The first kappa shape index (κ1) is 14.8. The summed E-state index contributed by atoms with van der Waals surface area (Å²) in [6.07, 6.45) is 3.56. The molecule has 2 aromatic rings. The third-order valence-electron chi connectivity index (χ3n) is 2.72. The predicted octanol–water partition coefficient (Wildman–Crippen LogP) is 2.46. The van der Waals surface area contributed by atoms with E-state index in [1.807, 2.05) is 17.8 Å². The summed E-state index contributed by atoms with van der Waals surface area (Å²) in [6, 6.07) is 5.06. The molecule has 0 unspecified atom stereocenters. The summed E-state index contributed by atoms with van der Waals surface area (Å²) in [5, 5.41) is 6.51. The van der Waals surface area contributed by atoms with E-state index < -0.39 is 0 Å². The van der Waals surface area contributed by atoms with E-state index in [-0.39, 0.29) is 12.5 Å². The minimum atomic E-state index is -0.214. The molecule has 1 heterocycles. The van der Waals surface area contributed by atoms with Crippen LogP contribution in [0, 0.1) is 0 Å². The molecule has 0 aliphatic carbocycles. The van der Waals surface area contributed by atoms with Gasteiger partial charge in [-0.25, -0.2) is 4.98 Å². The molecule has 106 valence electrons. The number of hydrogen-bond acceptors (Lipinski definition) is 3. The first-order chi connectivity index (χ1) is 9.58. The van der Waals surface area contributed by atoms with E-state index in [0.717, 1.165) is 5.82 Å². The van der Waals surface area contributed by atoms with Gasteiger partial charge in [-0.1, -0.05) is 29.3 Å². The van der Waals surface area contributed by atoms with Gasteiger partial charge in [0, 0.05) is 19.4 Å². The van der Waals surface area contributed by atoms with Gasteiger partial charge in [-0.2, -0.15) is 0 Å². The Balaban J connectivity index is 1.85. The molecule has 0 radical (unpaired) electrons. The average molecular weight is 313 g/mol. The fourth-order valence-corrected chi connectivity index (χ4v) is 2.15. The van der Waals surface area contributed by atoms with Crippen molar-refractivity contribution in [2.75, 3.05) is 11.9 Å². The highest BCUT2D eigenvalue weighted by Crippen LogP contribution is 2.29. The number of carbonyl (C=O) groups excluding carboxylic acids is 1. The third-order valence-corrected chi connectivity index (χ3v) is 3.35. The maximum Gasteiger partial charge on any atom is 0.238 e. The van der Waals surface area contributed by atoms with Gasteiger partial charge >= 0.3 is 0 Å². The molecule has 0 fully saturated rings. The Morgan fingerprint density at radius 2 is 2.05 bits per heavy atom. The summed E-state index contributed by atoms with van der Waals surface area (Å²) in [5.41, 5.74) is 0.430. The maximum absolute atomic E-state index is 11.8. The fraction of sp³-hybridized carbons (Fsp3) is 0.231. The molecule has 0 saturated carbocycles. The Bertz CT molecular complexity index is 592. The van der Waals surface area contributed by atoms with Crippen molar-refractivity contribution in [1.82, 2.24) is 14.9 Å². The molecular weight excluding hydrogens is 299 g/mol. The molecule has 7 heteroatoms. The number of nitrogens with one attached hydrogen (secondary N) is 2. The molecule has 0 bridgehead atoms. The van der Waals surface area contributed by atoms with Gasteiger partial charge in [0.2, 0.25) is 5.91 Å². The molecule has 5 nitrogen and oxygen atoms in total. The quantitative estimate of drug-likeness (QED) is 0.891. The van der Waals surface area contributed by atoms with Crippen molar-refractivity contribution in [3.05, 3.63) is 46.5 Å². The van der Waals surface area contributed by atoms with Crippen LogP contribution in [0.1, 0.15) is 5.82 Å². The first-order valence-corrected chi connectivity index (χ1v) is 6.74. The Labute approximate surface area is 126 Å². The van der Waals surface area contributed by atoms with E-state index in [2.05, 4.69) is 15.6 Å². The van der Waals surface area contributed by atoms with Crippen LogP contribution in [0.3, 0.4) is 0 Å². The van der Waals surface area contributed by atoms with E-state index in [0.29, 0.717) is 22.3 Å². The highest BCUT2D eigenvalue weighted by molar-refractivity contribution is 6.39. The number of hydrogen-bond donors (Lipinski definition) is 2. The molecular formula is C13H14Cl2N4O. The number of halogens is 2. The second-order valence-corrected chi connectivity index (χ2v) is 5.02. The third kappa shape index (κ3) is 3.72. The number of rotatable bonds is 5. The smallest absolute Gasteiger partial charge is 0.238 e. The highest BCUT2D eigenvalue weighted by Gasteiger charge is 2.09. The summed E-state index contributed by atoms with van der Waals surface area (Å²) in [6.45, 7) is 0.654. The molecule has 2 N–H and O–H groups in total. The maximum atomic E-state index is 11.8. The van der Waals surface area contributed by atoms with Crippen LogP contribution < -0.4 is 10.6 Å². The number of benzene rings is 1. The summed E-state index contributed by atoms with van der Waals surface area (Å²) in [5.74, 6) is 0.641. The van der Waals surface area contributed by atoms with Gasteiger partial charge < -0.3 is 15.2 Å². The molecule has 0 aliphatic heterocycles. The van der Waals surface area contributed by atoms with Gasteiger partial charge in [0.15, 0.2) is 0 Å². The number of nitrogens with zero attached hydrogens (tertiary/aromatic N) is 2. The minimum Gasteiger partial charge on any atom is -0.337 e. The standard InChI is InChI=1S/C13H14Cl2N4O/c1-19-6-5-17-11(19)7-16-8-12(20)18-13-9(14)3-2-4-10(13)15/h2-6,16H,7-8H2,1H3,(H,18,20). The van der Waals surface area contributed by atoms with Gasteiger partial charge in [-0.05, 0) is 12.1 Å². The van der Waals surface area contributed by atoms with Crippen molar-refractivity contribution in [3.63, 3.8) is 0 Å². The predicted molar refractivity (Wildman–Crippen MR) is 80.0 cm³/mol. The molecule has 1 aromatic carbocycles. The number of amides is 1. The Kier molecular flexibility index (Phi) is 5.00. The summed E-state index contributed by atoms with van der Waals surface area (Å²) in [7, 11) is 1.90. The number of aryl methyl sites for hydroxylation is 1. The topological polar surface area (TPSA) is 59.0 Å². The van der Waals surface area contributed by atoms with Crippen LogP contribution in [0.4, 0.5) is 5.69 Å². The minimum absolute atomic E-state index is 0.147. The second-order valence-electron chi connectivity index (χ2n) is 4.20. The number of anilines is 1. The molecule has 20 heavy (non-hydrogen) atoms. The summed E-state index contributed by atoms with van der Waals surface area (Å²) in [4.78, 5) is 16.0. The van der Waals surface area contributed by atoms with Gasteiger partial charge in [0.1, 0.15) is 5.82 Å². The lowest BCUT2D eigenvalue weighted by Gasteiger charge is -2.09. The van der Waals surface area contributed by atoms with E-state index in [1.54, 1.807) is 24.4 Å². The van der Waals surface area contributed by atoms with Gasteiger partial charge in [-0.15, -0.1) is 0 Å². The second kappa shape index (κ2) is 6.74. The van der Waals surface area contributed by atoms with Crippen molar-refractivity contribution in [2.24, 2.45) is 7.05 Å². The number of para-hydroxylation sites is 1. The molecule has 1 amide bonds. The van der Waals surface area contributed by atoms with Gasteiger partial charge in [-0.3, -0.25) is 4.79 Å². The van der Waals surface area contributed by atoms with Crippen LogP contribution >= 0.6 is 23.2 Å². The van der Waals surface area contributed by atoms with Crippen LogP contribution in [0.25, 0.3) is 0 Å². The first-order valence-electron chi connectivity index (χ1n) is 5.98. The van der Waals surface area contributed by atoms with Crippen LogP contribution in [-0.2, 0) is 18.4 Å². The SMILES string of the molecule is Cn1ccnc1CNCC(=O)Nc1c(Cl)cccc1Cl. The lowest BCUT2D eigenvalue weighted by atomic mass is 10.3. The molecule has 0 saturated heterocycles. The van der Waals surface area contributed by atoms with Crippen LogP contribution in [-0.4, -0.2) is 22.0 Å². The average Bonchev–Trinajstić information content (AvgIpc) is 2.80. The van der Waals surface area contributed by atoms with E-state index in [4.69, 9.17) is 23.2 Å². The van der Waals surface area contributed by atoms with Crippen LogP contribution in [0.15, 0.2) is 30.6 Å². The highest BCUT2D eigenvalue weighted by atomic mass is 35.5. The Morgan fingerprint density at radius 3 is 2.65 bits per heavy atom. The number of imidazole rings is 1. The lowest BCUT2D eigenvalue weighted by Crippen LogP contribution is -2.28. The lowest BCUT2D eigenvalue weighted by molar-refractivity contribution is -0.115. The van der Waals surface area contributed by atoms with Crippen molar-refractivity contribution < 1.29 is 4.79 Å². The van der Waals surface area contributed by atoms with Crippen molar-refractivity contribution in [2.45, 2.75) is 6.54 Å². The number of aromatic nitrogens is 2. The normalized spacial score (nSPS) is 10.6. The molecule has 0 atom stereocenters. The van der Waals surface area contributed by atoms with Crippen LogP contribution in [0.5, 0.6) is 0 Å². The summed E-state index contributed by atoms with van der Waals surface area (Å²) >= 11 is 12.0. The fourth-order valence-electron chi connectivity index (χ4n) is 1.66. The summed E-state index contributed by atoms with van der Waals surface area (Å²) < 4.78 is 1.88. The molecule has 1 aromatic heterocycles. The van der Waals surface area contributed by atoms with Crippen molar-refractivity contribution in [3.8, 4) is 0 Å². The Hall–Kier alpha value is -1.56. The van der Waals surface area contributed by atoms with E-state index in [9.17, 15) is 4.79 Å². The monoisotopic (exact) mass is 312 g/mol. The van der Waals surface area contributed by atoms with E-state index in [1.165, 1.54) is 0 Å². The molecule has 2 rings (SSSR count). The van der Waals surface area contributed by atoms with Gasteiger partial charge in [0.05, 0.1) is 28.8 Å². The van der Waals surface area contributed by atoms with Crippen molar-refractivity contribution >= 4 is 34.8 Å². The van der Waals surface area contributed by atoms with Crippen LogP contribution in [0.2, 0.25) is 10.0 Å².